The van der Waals surface area contributed by atoms with Crippen molar-refractivity contribution in [1.82, 2.24) is 4.98 Å². The van der Waals surface area contributed by atoms with Crippen molar-refractivity contribution in [1.29, 1.82) is 0 Å². The van der Waals surface area contributed by atoms with Crippen molar-refractivity contribution in [3.63, 3.8) is 0 Å². The van der Waals surface area contributed by atoms with Gasteiger partial charge in [-0.05, 0) is 57.2 Å². The Morgan fingerprint density at radius 1 is 0.964 bits per heavy atom. The van der Waals surface area contributed by atoms with Gasteiger partial charge < -0.3 is 14.8 Å². The van der Waals surface area contributed by atoms with Gasteiger partial charge in [0.05, 0.1) is 11.2 Å². The highest BCUT2D eigenvalue weighted by atomic mass is 16.6. The van der Waals surface area contributed by atoms with E-state index in [1.165, 1.54) is 6.92 Å². The Kier molecular flexibility index (Phi) is 5.89. The van der Waals surface area contributed by atoms with Crippen LogP contribution in [0.1, 0.15) is 19.4 Å². The molecule has 3 aromatic rings. The number of carbonyl (C=O) groups is 2. The molecular weight excluding hydrogens is 356 g/mol. The zero-order valence-electron chi connectivity index (χ0n) is 16.0. The molecule has 28 heavy (non-hydrogen) atoms. The zero-order chi connectivity index (χ0) is 20.1. The molecule has 0 aliphatic carbocycles. The van der Waals surface area contributed by atoms with E-state index in [1.54, 1.807) is 43.5 Å². The number of nitrogens with zero attached hydrogens (tertiary/aromatic N) is 1. The molecule has 1 N–H and O–H groups in total. The molecule has 1 aromatic heterocycles. The summed E-state index contributed by atoms with van der Waals surface area (Å²) in [6, 6.07) is 16.5. The molecule has 6 nitrogen and oxygen atoms in total. The Balaban J connectivity index is 1.60. The highest BCUT2D eigenvalue weighted by Crippen LogP contribution is 2.21. The molecule has 0 fully saturated rings. The first-order valence-corrected chi connectivity index (χ1v) is 9.02. The fourth-order valence-electron chi connectivity index (χ4n) is 2.64. The van der Waals surface area contributed by atoms with Crippen molar-refractivity contribution in [3.8, 4) is 5.75 Å². The maximum atomic E-state index is 12.5. The molecule has 1 heterocycles. The number of pyridine rings is 1. The lowest BCUT2D eigenvalue weighted by Crippen LogP contribution is -2.35. The van der Waals surface area contributed by atoms with Crippen molar-refractivity contribution in [2.45, 2.75) is 33.0 Å². The maximum absolute atomic E-state index is 12.5. The lowest BCUT2D eigenvalue weighted by atomic mass is 10.2. The van der Waals surface area contributed by atoms with Gasteiger partial charge in [0.15, 0.2) is 12.2 Å². The number of rotatable bonds is 6. The topological polar surface area (TPSA) is 77.5 Å². The molecule has 0 saturated heterocycles. The first-order valence-electron chi connectivity index (χ1n) is 9.02. The number of hydrogen-bond donors (Lipinski definition) is 1. The fourth-order valence-corrected chi connectivity index (χ4v) is 2.64. The molecule has 6 heteroatoms. The smallest absolute Gasteiger partial charge is 0.347 e. The zero-order valence-corrected chi connectivity index (χ0v) is 16.0. The van der Waals surface area contributed by atoms with E-state index in [4.69, 9.17) is 9.47 Å². The van der Waals surface area contributed by atoms with Crippen LogP contribution in [0.3, 0.4) is 0 Å². The van der Waals surface area contributed by atoms with E-state index in [0.29, 0.717) is 11.4 Å². The Morgan fingerprint density at radius 2 is 1.71 bits per heavy atom. The summed E-state index contributed by atoms with van der Waals surface area (Å²) in [5.41, 5.74) is 2.48. The molecule has 2 aromatic carbocycles. The molecule has 0 spiro atoms. The second kappa shape index (κ2) is 8.52. The monoisotopic (exact) mass is 378 g/mol. The van der Waals surface area contributed by atoms with Crippen LogP contribution in [0.4, 0.5) is 5.69 Å². The standard InChI is InChI=1S/C22H22N2O4/c1-14-9-11-17(12-10-14)27-16(3)22(26)28-15(2)21(25)24-20-8-4-7-19-18(20)6-5-13-23-19/h4-13,15-16H,1-3H3,(H,24,25). The minimum Gasteiger partial charge on any atom is -0.479 e. The van der Waals surface area contributed by atoms with Crippen LogP contribution in [-0.4, -0.2) is 29.1 Å². The van der Waals surface area contributed by atoms with Gasteiger partial charge in [0.25, 0.3) is 5.91 Å². The molecule has 144 valence electrons. The van der Waals surface area contributed by atoms with Crippen LogP contribution in [0.25, 0.3) is 10.9 Å². The first kappa shape index (κ1) is 19.4. The Morgan fingerprint density at radius 3 is 2.46 bits per heavy atom. The largest absolute Gasteiger partial charge is 0.479 e. The summed E-state index contributed by atoms with van der Waals surface area (Å²) in [5.74, 6) is -0.467. The van der Waals surface area contributed by atoms with Crippen LogP contribution in [0.5, 0.6) is 5.75 Å². The van der Waals surface area contributed by atoms with Crippen molar-refractivity contribution in [2.24, 2.45) is 0 Å². The fraction of sp³-hybridized carbons (Fsp3) is 0.227. The van der Waals surface area contributed by atoms with Crippen LogP contribution in [0, 0.1) is 6.92 Å². The Labute approximate surface area is 163 Å². The number of aromatic nitrogens is 1. The number of hydrogen-bond acceptors (Lipinski definition) is 5. The number of anilines is 1. The summed E-state index contributed by atoms with van der Waals surface area (Å²) >= 11 is 0. The number of benzene rings is 2. The van der Waals surface area contributed by atoms with Gasteiger partial charge in [-0.1, -0.05) is 23.8 Å². The number of aryl methyl sites for hydroxylation is 1. The molecule has 0 aliphatic rings. The third kappa shape index (κ3) is 4.65. The summed E-state index contributed by atoms with van der Waals surface area (Å²) < 4.78 is 10.8. The molecule has 0 bridgehead atoms. The van der Waals surface area contributed by atoms with E-state index < -0.39 is 24.1 Å². The normalized spacial score (nSPS) is 12.8. The van der Waals surface area contributed by atoms with E-state index >= 15 is 0 Å². The highest BCUT2D eigenvalue weighted by Gasteiger charge is 2.23. The minimum absolute atomic E-state index is 0.424. The average molecular weight is 378 g/mol. The van der Waals surface area contributed by atoms with E-state index in [0.717, 1.165) is 16.5 Å². The van der Waals surface area contributed by atoms with Gasteiger partial charge in [0, 0.05) is 11.6 Å². The van der Waals surface area contributed by atoms with E-state index in [1.807, 2.05) is 31.2 Å². The molecule has 2 unspecified atom stereocenters. The Hall–Kier alpha value is -3.41. The predicted octanol–water partition coefficient (Wildman–Crippen LogP) is 3.88. The van der Waals surface area contributed by atoms with Gasteiger partial charge in [-0.15, -0.1) is 0 Å². The number of fused-ring (bicyclic) bond motifs is 1. The summed E-state index contributed by atoms with van der Waals surface area (Å²) in [7, 11) is 0. The van der Waals surface area contributed by atoms with E-state index in [2.05, 4.69) is 10.3 Å². The lowest BCUT2D eigenvalue weighted by Gasteiger charge is -2.18. The summed E-state index contributed by atoms with van der Waals surface area (Å²) in [5, 5.41) is 3.60. The van der Waals surface area contributed by atoms with Crippen LogP contribution in [-0.2, 0) is 14.3 Å². The number of amides is 1. The lowest BCUT2D eigenvalue weighted by molar-refractivity contribution is -0.159. The third-order valence-corrected chi connectivity index (χ3v) is 4.23. The molecule has 0 radical (unpaired) electrons. The van der Waals surface area contributed by atoms with E-state index in [-0.39, 0.29) is 0 Å². The van der Waals surface area contributed by atoms with Gasteiger partial charge in [-0.3, -0.25) is 9.78 Å². The first-order chi connectivity index (χ1) is 13.4. The van der Waals surface area contributed by atoms with Crippen LogP contribution in [0.2, 0.25) is 0 Å². The summed E-state index contributed by atoms with van der Waals surface area (Å²) in [6.45, 7) is 5.08. The average Bonchev–Trinajstić information content (AvgIpc) is 2.69. The van der Waals surface area contributed by atoms with Gasteiger partial charge >= 0.3 is 5.97 Å². The van der Waals surface area contributed by atoms with Crippen molar-refractivity contribution in [3.05, 3.63) is 66.4 Å². The third-order valence-electron chi connectivity index (χ3n) is 4.23. The summed E-state index contributed by atoms with van der Waals surface area (Å²) in [6.07, 6.45) is -0.114. The molecule has 2 atom stereocenters. The second-order valence-corrected chi connectivity index (χ2v) is 6.52. The van der Waals surface area contributed by atoms with Crippen LogP contribution in [0.15, 0.2) is 60.8 Å². The van der Waals surface area contributed by atoms with Gasteiger partial charge in [0.2, 0.25) is 0 Å². The molecule has 3 rings (SSSR count). The van der Waals surface area contributed by atoms with E-state index in [9.17, 15) is 9.59 Å². The molecular formula is C22H22N2O4. The SMILES string of the molecule is Cc1ccc(OC(C)C(=O)OC(C)C(=O)Nc2cccc3ncccc23)cc1. The predicted molar refractivity (Wildman–Crippen MR) is 107 cm³/mol. The van der Waals surface area contributed by atoms with Gasteiger partial charge in [-0.2, -0.15) is 0 Å². The molecule has 0 saturated carbocycles. The maximum Gasteiger partial charge on any atom is 0.347 e. The number of esters is 1. The number of ether oxygens (including phenoxy) is 2. The number of nitrogens with one attached hydrogen (secondary N) is 1. The number of carbonyl (C=O) groups excluding carboxylic acids is 2. The second-order valence-electron chi connectivity index (χ2n) is 6.52. The van der Waals surface area contributed by atoms with Crippen molar-refractivity contribution < 1.29 is 19.1 Å². The van der Waals surface area contributed by atoms with Gasteiger partial charge in [0.1, 0.15) is 5.75 Å². The van der Waals surface area contributed by atoms with Gasteiger partial charge in [-0.25, -0.2) is 4.79 Å². The molecule has 0 aliphatic heterocycles. The minimum atomic E-state index is -0.969. The summed E-state index contributed by atoms with van der Waals surface area (Å²) in [4.78, 5) is 29.0. The Bertz CT molecular complexity index is 980. The van der Waals surface area contributed by atoms with Crippen LogP contribution < -0.4 is 10.1 Å². The highest BCUT2D eigenvalue weighted by molar-refractivity contribution is 6.02. The van der Waals surface area contributed by atoms with Crippen molar-refractivity contribution >= 4 is 28.5 Å². The van der Waals surface area contributed by atoms with Crippen LogP contribution >= 0.6 is 0 Å². The molecule has 1 amide bonds. The quantitative estimate of drug-likeness (QED) is 0.659. The van der Waals surface area contributed by atoms with Crippen molar-refractivity contribution in [2.75, 3.05) is 5.32 Å².